The number of nitro benzene ring substituents is 1. The van der Waals surface area contributed by atoms with Crippen molar-refractivity contribution in [1.82, 2.24) is 5.32 Å². The Morgan fingerprint density at radius 2 is 1.96 bits per heavy atom. The molecule has 1 aliphatic rings. The van der Waals surface area contributed by atoms with Crippen molar-refractivity contribution in [3.63, 3.8) is 0 Å². The average Bonchev–Trinajstić information content (AvgIpc) is 3.40. The van der Waals surface area contributed by atoms with Crippen LogP contribution in [-0.2, 0) is 5.41 Å². The molecule has 0 saturated heterocycles. The van der Waals surface area contributed by atoms with Crippen LogP contribution in [0.5, 0.6) is 5.75 Å². The molecule has 0 unspecified atom stereocenters. The van der Waals surface area contributed by atoms with Gasteiger partial charge < -0.3 is 10.1 Å². The number of amides is 1. The highest BCUT2D eigenvalue weighted by atomic mass is 19.1. The zero-order valence-electron chi connectivity index (χ0n) is 13.6. The Balaban J connectivity index is 1.77. The molecule has 2 aromatic rings. The van der Waals surface area contributed by atoms with Gasteiger partial charge in [-0.05, 0) is 42.7 Å². The van der Waals surface area contributed by atoms with Crippen molar-refractivity contribution in [1.29, 1.82) is 0 Å². The van der Waals surface area contributed by atoms with Crippen LogP contribution in [0.3, 0.4) is 0 Å². The fraction of sp³-hybridized carbons (Fsp3) is 0.278. The van der Waals surface area contributed by atoms with Gasteiger partial charge in [0.1, 0.15) is 17.1 Å². The lowest BCUT2D eigenvalue weighted by atomic mass is 9.96. The highest BCUT2D eigenvalue weighted by Crippen LogP contribution is 2.47. The van der Waals surface area contributed by atoms with Crippen molar-refractivity contribution < 1.29 is 18.8 Å². The van der Waals surface area contributed by atoms with Gasteiger partial charge in [-0.2, -0.15) is 0 Å². The first-order chi connectivity index (χ1) is 11.9. The third-order valence-corrected chi connectivity index (χ3v) is 4.54. The van der Waals surface area contributed by atoms with Gasteiger partial charge in [-0.25, -0.2) is 4.39 Å². The molecule has 0 bridgehead atoms. The summed E-state index contributed by atoms with van der Waals surface area (Å²) in [7, 11) is 1.43. The normalized spacial score (nSPS) is 14.6. The van der Waals surface area contributed by atoms with Gasteiger partial charge in [0, 0.05) is 18.0 Å². The molecule has 25 heavy (non-hydrogen) atoms. The second-order valence-corrected chi connectivity index (χ2v) is 6.11. The standard InChI is InChI=1S/C18H17FN2O4/c1-25-14-6-7-16(21(23)24)15(10-14)17(22)20-11-18(8-9-18)12-2-4-13(19)5-3-12/h2-7,10H,8-9,11H2,1H3,(H,20,22). The largest absolute Gasteiger partial charge is 0.497 e. The van der Waals surface area contributed by atoms with Crippen molar-refractivity contribution in [3.05, 3.63) is 69.5 Å². The number of nitrogens with one attached hydrogen (secondary N) is 1. The van der Waals surface area contributed by atoms with E-state index >= 15 is 0 Å². The van der Waals surface area contributed by atoms with Crippen LogP contribution in [-0.4, -0.2) is 24.5 Å². The zero-order chi connectivity index (χ0) is 18.0. The lowest BCUT2D eigenvalue weighted by Crippen LogP contribution is -2.32. The quantitative estimate of drug-likeness (QED) is 0.644. The number of halogens is 1. The molecule has 0 aliphatic heterocycles. The molecule has 3 rings (SSSR count). The van der Waals surface area contributed by atoms with E-state index in [9.17, 15) is 19.3 Å². The number of hydrogen-bond donors (Lipinski definition) is 1. The molecular formula is C18H17FN2O4. The maximum absolute atomic E-state index is 13.1. The van der Waals surface area contributed by atoms with Crippen LogP contribution in [0.1, 0.15) is 28.8 Å². The van der Waals surface area contributed by atoms with E-state index in [1.165, 1.54) is 37.4 Å². The van der Waals surface area contributed by atoms with Crippen LogP contribution >= 0.6 is 0 Å². The number of hydrogen-bond acceptors (Lipinski definition) is 4. The van der Waals surface area contributed by atoms with Crippen LogP contribution in [0.15, 0.2) is 42.5 Å². The molecule has 1 saturated carbocycles. The molecule has 2 aromatic carbocycles. The van der Waals surface area contributed by atoms with Crippen molar-refractivity contribution in [2.45, 2.75) is 18.3 Å². The van der Waals surface area contributed by atoms with Crippen LogP contribution in [0.2, 0.25) is 0 Å². The number of carbonyl (C=O) groups is 1. The van der Waals surface area contributed by atoms with Crippen molar-refractivity contribution in [2.24, 2.45) is 0 Å². The predicted molar refractivity (Wildman–Crippen MR) is 89.3 cm³/mol. The van der Waals surface area contributed by atoms with Crippen molar-refractivity contribution >= 4 is 11.6 Å². The van der Waals surface area contributed by atoms with E-state index in [4.69, 9.17) is 4.74 Å². The van der Waals surface area contributed by atoms with E-state index in [1.54, 1.807) is 12.1 Å². The second-order valence-electron chi connectivity index (χ2n) is 6.11. The lowest BCUT2D eigenvalue weighted by Gasteiger charge is -2.17. The smallest absolute Gasteiger partial charge is 0.282 e. The molecule has 0 heterocycles. The number of benzene rings is 2. The number of nitro groups is 1. The van der Waals surface area contributed by atoms with E-state index in [2.05, 4.69) is 5.32 Å². The number of ether oxygens (including phenoxy) is 1. The predicted octanol–water partition coefficient (Wildman–Crippen LogP) is 3.20. The van der Waals surface area contributed by atoms with Crippen molar-refractivity contribution in [2.75, 3.05) is 13.7 Å². The molecule has 1 aliphatic carbocycles. The Labute approximate surface area is 143 Å². The lowest BCUT2D eigenvalue weighted by molar-refractivity contribution is -0.385. The SMILES string of the molecule is COc1ccc([N+](=O)[O-])c(C(=O)NCC2(c3ccc(F)cc3)CC2)c1. The molecule has 1 N–H and O–H groups in total. The van der Waals surface area contributed by atoms with Gasteiger partial charge >= 0.3 is 0 Å². The third-order valence-electron chi connectivity index (χ3n) is 4.54. The Kier molecular flexibility index (Phi) is 4.39. The molecular weight excluding hydrogens is 327 g/mol. The number of carbonyl (C=O) groups excluding carboxylic acids is 1. The molecule has 1 amide bonds. The van der Waals surface area contributed by atoms with E-state index in [-0.39, 0.29) is 22.5 Å². The summed E-state index contributed by atoms with van der Waals surface area (Å²) in [5.41, 5.74) is 0.412. The summed E-state index contributed by atoms with van der Waals surface area (Å²) in [6, 6.07) is 10.3. The van der Waals surface area contributed by atoms with Crippen LogP contribution in [0.25, 0.3) is 0 Å². The summed E-state index contributed by atoms with van der Waals surface area (Å²) < 4.78 is 18.1. The Morgan fingerprint density at radius 1 is 1.28 bits per heavy atom. The van der Waals surface area contributed by atoms with Crippen LogP contribution in [0, 0.1) is 15.9 Å². The van der Waals surface area contributed by atoms with E-state index in [1.807, 2.05) is 0 Å². The highest BCUT2D eigenvalue weighted by Gasteiger charge is 2.44. The maximum Gasteiger partial charge on any atom is 0.282 e. The Morgan fingerprint density at radius 3 is 2.52 bits per heavy atom. The van der Waals surface area contributed by atoms with E-state index in [0.717, 1.165) is 18.4 Å². The zero-order valence-corrected chi connectivity index (χ0v) is 13.6. The third kappa shape index (κ3) is 3.45. The fourth-order valence-electron chi connectivity index (χ4n) is 2.85. The first-order valence-corrected chi connectivity index (χ1v) is 7.82. The summed E-state index contributed by atoms with van der Waals surface area (Å²) in [5, 5.41) is 13.9. The van der Waals surface area contributed by atoms with Crippen LogP contribution < -0.4 is 10.1 Å². The topological polar surface area (TPSA) is 81.5 Å². The minimum absolute atomic E-state index is 0.0424. The van der Waals surface area contributed by atoms with Crippen molar-refractivity contribution in [3.8, 4) is 5.75 Å². The fourth-order valence-corrected chi connectivity index (χ4v) is 2.85. The number of methoxy groups -OCH3 is 1. The van der Waals surface area contributed by atoms with Crippen LogP contribution in [0.4, 0.5) is 10.1 Å². The van der Waals surface area contributed by atoms with Gasteiger partial charge in [0.15, 0.2) is 0 Å². The maximum atomic E-state index is 13.1. The minimum Gasteiger partial charge on any atom is -0.497 e. The van der Waals surface area contributed by atoms with E-state index < -0.39 is 10.8 Å². The average molecular weight is 344 g/mol. The molecule has 7 heteroatoms. The molecule has 0 spiro atoms. The van der Waals surface area contributed by atoms with Gasteiger partial charge in [-0.3, -0.25) is 14.9 Å². The summed E-state index contributed by atoms with van der Waals surface area (Å²) in [6.07, 6.45) is 1.75. The van der Waals surface area contributed by atoms with Gasteiger partial charge in [-0.1, -0.05) is 12.1 Å². The minimum atomic E-state index is -0.596. The Bertz CT molecular complexity index is 816. The highest BCUT2D eigenvalue weighted by molar-refractivity contribution is 5.98. The molecule has 0 radical (unpaired) electrons. The number of nitrogens with zero attached hydrogens (tertiary/aromatic N) is 1. The summed E-state index contributed by atoms with van der Waals surface area (Å²) in [6.45, 7) is 0.339. The van der Waals surface area contributed by atoms with Gasteiger partial charge in [0.05, 0.1) is 12.0 Å². The number of rotatable bonds is 6. The molecule has 0 atom stereocenters. The summed E-state index contributed by atoms with van der Waals surface area (Å²) in [4.78, 5) is 23.0. The summed E-state index contributed by atoms with van der Waals surface area (Å²) in [5.74, 6) is -0.468. The van der Waals surface area contributed by atoms with Gasteiger partial charge in [0.25, 0.3) is 11.6 Å². The second kappa shape index (κ2) is 6.51. The Hall–Kier alpha value is -2.96. The molecule has 6 nitrogen and oxygen atoms in total. The first kappa shape index (κ1) is 16.9. The first-order valence-electron chi connectivity index (χ1n) is 7.82. The molecule has 130 valence electrons. The van der Waals surface area contributed by atoms with Gasteiger partial charge in [0.2, 0.25) is 0 Å². The van der Waals surface area contributed by atoms with Gasteiger partial charge in [-0.15, -0.1) is 0 Å². The monoisotopic (exact) mass is 344 g/mol. The summed E-state index contributed by atoms with van der Waals surface area (Å²) >= 11 is 0. The molecule has 0 aromatic heterocycles. The van der Waals surface area contributed by atoms with E-state index in [0.29, 0.717) is 12.3 Å². The molecule has 1 fully saturated rings.